The summed E-state index contributed by atoms with van der Waals surface area (Å²) in [5.41, 5.74) is -2.85. The fraction of sp³-hybridized carbons (Fsp3) is 0.111. The third-order valence-electron chi connectivity index (χ3n) is 3.97. The highest BCUT2D eigenvalue weighted by Gasteiger charge is 2.40. The van der Waals surface area contributed by atoms with Crippen LogP contribution in [-0.4, -0.2) is 30.4 Å². The summed E-state index contributed by atoms with van der Waals surface area (Å²) in [5.74, 6) is -2.33. The molecule has 6 nitrogen and oxygen atoms in total. The van der Waals surface area contributed by atoms with Crippen LogP contribution in [0.5, 0.6) is 0 Å². The average Bonchev–Trinajstić information content (AvgIpc) is 3.09. The molecule has 2 aromatic carbocycles. The van der Waals surface area contributed by atoms with Crippen LogP contribution in [0.3, 0.4) is 0 Å². The number of nitrogens with one attached hydrogen (secondary N) is 1. The summed E-state index contributed by atoms with van der Waals surface area (Å²) >= 11 is 5.74. The Balaban J connectivity index is 2.04. The molecule has 12 heteroatoms. The number of amides is 1. The minimum Gasteiger partial charge on any atom is -0.319 e. The fourth-order valence-electron chi connectivity index (χ4n) is 2.59. The number of alkyl halides is 3. The van der Waals surface area contributed by atoms with Gasteiger partial charge in [-0.3, -0.25) is 4.79 Å². The molecule has 3 aromatic rings. The number of hydrogen-bond acceptors (Lipinski definition) is 4. The smallest absolute Gasteiger partial charge is 0.319 e. The van der Waals surface area contributed by atoms with Gasteiger partial charge in [-0.25, -0.2) is 17.5 Å². The number of carbonyl (C=O) groups excluding carboxylic acids is 1. The summed E-state index contributed by atoms with van der Waals surface area (Å²) in [4.78, 5) is 12.2. The molecule has 0 saturated heterocycles. The third kappa shape index (κ3) is 4.46. The topological polar surface area (TPSA) is 81.1 Å². The summed E-state index contributed by atoms with van der Waals surface area (Å²) in [7, 11) is -3.73. The SMILES string of the molecule is CS(=O)(=O)c1ccc(F)c(NC(=O)c2cnn(-c3ccc(Cl)cc3)c2C(F)(F)F)c1. The molecule has 0 aliphatic heterocycles. The summed E-state index contributed by atoms with van der Waals surface area (Å²) in [6.07, 6.45) is -3.43. The first-order chi connectivity index (χ1) is 13.9. The van der Waals surface area contributed by atoms with Crippen molar-refractivity contribution in [3.8, 4) is 5.69 Å². The Morgan fingerprint density at radius 1 is 1.13 bits per heavy atom. The summed E-state index contributed by atoms with van der Waals surface area (Å²) in [6, 6.07) is 7.84. The maximum atomic E-state index is 14.0. The fourth-order valence-corrected chi connectivity index (χ4v) is 3.36. The molecule has 0 radical (unpaired) electrons. The van der Waals surface area contributed by atoms with Crippen LogP contribution in [0.1, 0.15) is 16.1 Å². The van der Waals surface area contributed by atoms with Gasteiger partial charge in [-0.05, 0) is 42.5 Å². The number of halogens is 5. The van der Waals surface area contributed by atoms with Crippen LogP contribution >= 0.6 is 11.6 Å². The molecule has 1 amide bonds. The summed E-state index contributed by atoms with van der Waals surface area (Å²) in [5, 5.41) is 5.89. The molecule has 1 N–H and O–H groups in total. The zero-order chi connectivity index (χ0) is 22.3. The van der Waals surface area contributed by atoms with E-state index in [0.29, 0.717) is 15.9 Å². The normalized spacial score (nSPS) is 12.1. The Kier molecular flexibility index (Phi) is 5.61. The predicted octanol–water partition coefficient (Wildman–Crippen LogP) is 4.34. The van der Waals surface area contributed by atoms with Crippen molar-refractivity contribution in [2.75, 3.05) is 11.6 Å². The first-order valence-electron chi connectivity index (χ1n) is 8.10. The number of nitrogens with zero attached hydrogens (tertiary/aromatic N) is 2. The lowest BCUT2D eigenvalue weighted by Gasteiger charge is -2.13. The number of benzene rings is 2. The van der Waals surface area contributed by atoms with Gasteiger partial charge in [0.05, 0.1) is 28.0 Å². The molecule has 1 heterocycles. The highest BCUT2D eigenvalue weighted by molar-refractivity contribution is 7.90. The van der Waals surface area contributed by atoms with E-state index >= 15 is 0 Å². The minimum absolute atomic E-state index is 0.00368. The molecule has 0 fully saturated rings. The van der Waals surface area contributed by atoms with Crippen LogP contribution in [0.15, 0.2) is 53.6 Å². The molecule has 0 aliphatic carbocycles. The van der Waals surface area contributed by atoms with Crippen molar-refractivity contribution < 1.29 is 30.8 Å². The maximum absolute atomic E-state index is 14.0. The molecular weight excluding hydrogens is 450 g/mol. The van der Waals surface area contributed by atoms with Crippen LogP contribution in [0.25, 0.3) is 5.69 Å². The van der Waals surface area contributed by atoms with Crippen molar-refractivity contribution in [3.05, 3.63) is 70.8 Å². The minimum atomic E-state index is -4.98. The molecule has 30 heavy (non-hydrogen) atoms. The number of hydrogen-bond donors (Lipinski definition) is 1. The van der Waals surface area contributed by atoms with Crippen molar-refractivity contribution in [3.63, 3.8) is 0 Å². The van der Waals surface area contributed by atoms with E-state index in [9.17, 15) is 30.8 Å². The zero-order valence-electron chi connectivity index (χ0n) is 15.0. The van der Waals surface area contributed by atoms with E-state index in [-0.39, 0.29) is 10.6 Å². The molecule has 0 atom stereocenters. The number of anilines is 1. The number of sulfone groups is 1. The van der Waals surface area contributed by atoms with Crippen molar-refractivity contribution >= 4 is 33.0 Å². The second-order valence-corrected chi connectivity index (χ2v) is 8.61. The quantitative estimate of drug-likeness (QED) is 0.463. The highest BCUT2D eigenvalue weighted by Crippen LogP contribution is 2.34. The van der Waals surface area contributed by atoms with Crippen LogP contribution in [0, 0.1) is 5.82 Å². The second kappa shape index (κ2) is 7.73. The standard InChI is InChI=1S/C18H12ClF4N3O3S/c1-30(28,29)12-6-7-14(20)15(8-12)25-17(27)13-9-24-26(16(13)18(21,22)23)11-4-2-10(19)3-5-11/h2-9H,1H3,(H,25,27). The van der Waals surface area contributed by atoms with Crippen molar-refractivity contribution in [2.45, 2.75) is 11.1 Å². The van der Waals surface area contributed by atoms with Crippen LogP contribution < -0.4 is 5.32 Å². The van der Waals surface area contributed by atoms with Gasteiger partial charge in [0.1, 0.15) is 5.82 Å². The molecule has 0 bridgehead atoms. The summed E-state index contributed by atoms with van der Waals surface area (Å²) < 4.78 is 78.8. The molecule has 0 spiro atoms. The van der Waals surface area contributed by atoms with E-state index < -0.39 is 44.7 Å². The molecule has 158 valence electrons. The van der Waals surface area contributed by atoms with Crippen molar-refractivity contribution in [1.82, 2.24) is 9.78 Å². The number of rotatable bonds is 4. The molecule has 3 rings (SSSR count). The molecule has 1 aromatic heterocycles. The van der Waals surface area contributed by atoms with Gasteiger partial charge >= 0.3 is 6.18 Å². The molecule has 0 unspecified atom stereocenters. The Hall–Kier alpha value is -2.92. The molecular formula is C18H12ClF4N3O3S. The van der Waals surface area contributed by atoms with Gasteiger partial charge in [0.15, 0.2) is 15.5 Å². The number of aromatic nitrogens is 2. The first kappa shape index (κ1) is 21.8. The maximum Gasteiger partial charge on any atom is 0.434 e. The van der Waals surface area contributed by atoms with Crippen molar-refractivity contribution in [2.24, 2.45) is 0 Å². The largest absolute Gasteiger partial charge is 0.434 e. The lowest BCUT2D eigenvalue weighted by atomic mass is 10.2. The lowest BCUT2D eigenvalue weighted by molar-refractivity contribution is -0.143. The van der Waals surface area contributed by atoms with Gasteiger partial charge in [-0.2, -0.15) is 18.3 Å². The zero-order valence-corrected chi connectivity index (χ0v) is 16.6. The van der Waals surface area contributed by atoms with Gasteiger partial charge in [0, 0.05) is 11.3 Å². The van der Waals surface area contributed by atoms with Gasteiger partial charge < -0.3 is 5.32 Å². The van der Waals surface area contributed by atoms with E-state index in [2.05, 4.69) is 5.10 Å². The van der Waals surface area contributed by atoms with Crippen LogP contribution in [0.2, 0.25) is 5.02 Å². The predicted molar refractivity (Wildman–Crippen MR) is 101 cm³/mol. The third-order valence-corrected chi connectivity index (χ3v) is 5.33. The van der Waals surface area contributed by atoms with Crippen LogP contribution in [0.4, 0.5) is 23.2 Å². The van der Waals surface area contributed by atoms with E-state index in [1.807, 2.05) is 5.32 Å². The van der Waals surface area contributed by atoms with Gasteiger partial charge in [0.25, 0.3) is 5.91 Å². The Morgan fingerprint density at radius 2 is 1.77 bits per heavy atom. The van der Waals surface area contributed by atoms with Gasteiger partial charge in [-0.15, -0.1) is 0 Å². The molecule has 0 saturated carbocycles. The average molecular weight is 462 g/mol. The van der Waals surface area contributed by atoms with Crippen LogP contribution in [-0.2, 0) is 16.0 Å². The summed E-state index contributed by atoms with van der Waals surface area (Å²) in [6.45, 7) is 0. The Labute approximate surface area is 173 Å². The monoisotopic (exact) mass is 461 g/mol. The number of carbonyl (C=O) groups is 1. The van der Waals surface area contributed by atoms with E-state index in [1.54, 1.807) is 0 Å². The highest BCUT2D eigenvalue weighted by atomic mass is 35.5. The molecule has 0 aliphatic rings. The lowest BCUT2D eigenvalue weighted by Crippen LogP contribution is -2.21. The van der Waals surface area contributed by atoms with E-state index in [1.165, 1.54) is 24.3 Å². The second-order valence-electron chi connectivity index (χ2n) is 6.16. The van der Waals surface area contributed by atoms with E-state index in [0.717, 1.165) is 24.5 Å². The van der Waals surface area contributed by atoms with Gasteiger partial charge in [-0.1, -0.05) is 11.6 Å². The van der Waals surface area contributed by atoms with Crippen molar-refractivity contribution in [1.29, 1.82) is 0 Å². The first-order valence-corrected chi connectivity index (χ1v) is 10.4. The Bertz CT molecular complexity index is 1220. The Morgan fingerprint density at radius 3 is 2.33 bits per heavy atom. The van der Waals surface area contributed by atoms with E-state index in [4.69, 9.17) is 11.6 Å². The van der Waals surface area contributed by atoms with Gasteiger partial charge in [0.2, 0.25) is 0 Å².